The molecule has 116 valence electrons. The van der Waals surface area contributed by atoms with Crippen LogP contribution in [0.15, 0.2) is 29.2 Å². The van der Waals surface area contributed by atoms with Crippen LogP contribution in [0.3, 0.4) is 0 Å². The second kappa shape index (κ2) is 8.41. The summed E-state index contributed by atoms with van der Waals surface area (Å²) < 4.78 is 5.49. The van der Waals surface area contributed by atoms with Gasteiger partial charge in [-0.1, -0.05) is 17.7 Å². The number of hydrogen-bond donors (Lipinski definition) is 1. The maximum absolute atomic E-state index is 12.2. The van der Waals surface area contributed by atoms with Gasteiger partial charge in [0, 0.05) is 31.6 Å². The van der Waals surface area contributed by atoms with Gasteiger partial charge in [0.05, 0.1) is 6.61 Å². The highest BCUT2D eigenvalue weighted by Gasteiger charge is 2.24. The number of thioether (sulfide) groups is 1. The number of likely N-dealkylation sites (N-methyl/N-ethyl adjacent to an activating group) is 1. The Hall–Kier alpha value is -1.04. The predicted molar refractivity (Wildman–Crippen MR) is 86.8 cm³/mol. The minimum absolute atomic E-state index is 0.0857. The lowest BCUT2D eigenvalue weighted by molar-refractivity contribution is -0.143. The average molecular weight is 308 g/mol. The molecule has 1 saturated heterocycles. The van der Waals surface area contributed by atoms with Crippen LogP contribution < -0.4 is 5.32 Å². The number of rotatable bonds is 6. The fourth-order valence-corrected chi connectivity index (χ4v) is 3.04. The molecular weight excluding hydrogens is 284 g/mol. The van der Waals surface area contributed by atoms with E-state index in [1.54, 1.807) is 4.90 Å². The SMILES string of the molecule is Cc1ccc(SCCCN(C)C(=O)[C@H]2CNCCO2)cc1. The van der Waals surface area contributed by atoms with Crippen LogP contribution in [0.1, 0.15) is 12.0 Å². The average Bonchev–Trinajstić information content (AvgIpc) is 2.53. The number of ether oxygens (including phenoxy) is 1. The summed E-state index contributed by atoms with van der Waals surface area (Å²) in [5.41, 5.74) is 1.28. The fourth-order valence-electron chi connectivity index (χ4n) is 2.21. The summed E-state index contributed by atoms with van der Waals surface area (Å²) in [6.07, 6.45) is 0.675. The van der Waals surface area contributed by atoms with Crippen molar-refractivity contribution in [2.24, 2.45) is 0 Å². The molecule has 1 N–H and O–H groups in total. The van der Waals surface area contributed by atoms with Crippen LogP contribution in [0.2, 0.25) is 0 Å². The lowest BCUT2D eigenvalue weighted by Crippen LogP contribution is -2.48. The van der Waals surface area contributed by atoms with E-state index in [2.05, 4.69) is 36.5 Å². The lowest BCUT2D eigenvalue weighted by atomic mass is 10.2. The van der Waals surface area contributed by atoms with Gasteiger partial charge in [-0.05, 0) is 31.2 Å². The molecule has 1 amide bonds. The van der Waals surface area contributed by atoms with Crippen molar-refractivity contribution in [1.29, 1.82) is 0 Å². The number of benzene rings is 1. The van der Waals surface area contributed by atoms with Crippen molar-refractivity contribution in [3.05, 3.63) is 29.8 Å². The summed E-state index contributed by atoms with van der Waals surface area (Å²) in [4.78, 5) is 15.2. The van der Waals surface area contributed by atoms with Crippen molar-refractivity contribution in [3.63, 3.8) is 0 Å². The molecule has 1 aromatic rings. The van der Waals surface area contributed by atoms with Gasteiger partial charge in [-0.15, -0.1) is 11.8 Å². The van der Waals surface area contributed by atoms with Gasteiger partial charge in [-0.25, -0.2) is 0 Å². The first-order chi connectivity index (χ1) is 10.2. The summed E-state index contributed by atoms with van der Waals surface area (Å²) in [5, 5.41) is 3.19. The molecule has 0 spiro atoms. The van der Waals surface area contributed by atoms with Gasteiger partial charge < -0.3 is 15.0 Å². The zero-order chi connectivity index (χ0) is 15.1. The monoisotopic (exact) mass is 308 g/mol. The molecule has 0 unspecified atom stereocenters. The van der Waals surface area contributed by atoms with Gasteiger partial charge in [0.1, 0.15) is 6.10 Å². The Morgan fingerprint density at radius 3 is 2.86 bits per heavy atom. The van der Waals surface area contributed by atoms with Gasteiger partial charge in [-0.2, -0.15) is 0 Å². The first-order valence-corrected chi connectivity index (χ1v) is 8.42. The van der Waals surface area contributed by atoms with E-state index < -0.39 is 0 Å². The third-order valence-electron chi connectivity index (χ3n) is 3.51. The van der Waals surface area contributed by atoms with Crippen molar-refractivity contribution < 1.29 is 9.53 Å². The molecule has 1 atom stereocenters. The summed E-state index contributed by atoms with van der Waals surface area (Å²) in [5.74, 6) is 1.10. The van der Waals surface area contributed by atoms with E-state index in [-0.39, 0.29) is 12.0 Å². The highest BCUT2D eigenvalue weighted by Crippen LogP contribution is 2.19. The normalized spacial score (nSPS) is 18.5. The maximum atomic E-state index is 12.2. The Morgan fingerprint density at radius 2 is 2.19 bits per heavy atom. The van der Waals surface area contributed by atoms with Gasteiger partial charge in [-0.3, -0.25) is 4.79 Å². The number of nitrogens with zero attached hydrogens (tertiary/aromatic N) is 1. The van der Waals surface area contributed by atoms with Crippen molar-refractivity contribution in [3.8, 4) is 0 Å². The van der Waals surface area contributed by atoms with Crippen LogP contribution in [0.5, 0.6) is 0 Å². The van der Waals surface area contributed by atoms with E-state index in [4.69, 9.17) is 4.74 Å². The fraction of sp³-hybridized carbons (Fsp3) is 0.562. The maximum Gasteiger partial charge on any atom is 0.252 e. The van der Waals surface area contributed by atoms with Crippen LogP contribution in [0.25, 0.3) is 0 Å². The Morgan fingerprint density at radius 1 is 1.43 bits per heavy atom. The van der Waals surface area contributed by atoms with E-state index >= 15 is 0 Å². The Balaban J connectivity index is 1.65. The number of hydrogen-bond acceptors (Lipinski definition) is 4. The zero-order valence-electron chi connectivity index (χ0n) is 12.8. The smallest absolute Gasteiger partial charge is 0.252 e. The minimum Gasteiger partial charge on any atom is -0.366 e. The molecule has 0 aliphatic carbocycles. The van der Waals surface area contributed by atoms with Crippen LogP contribution >= 0.6 is 11.8 Å². The molecule has 1 aromatic carbocycles. The number of morpholine rings is 1. The summed E-state index contributed by atoms with van der Waals surface area (Å²) in [6.45, 7) is 4.95. The van der Waals surface area contributed by atoms with Gasteiger partial charge in [0.25, 0.3) is 5.91 Å². The second-order valence-corrected chi connectivity index (χ2v) is 6.51. The van der Waals surface area contributed by atoms with Crippen molar-refractivity contribution >= 4 is 17.7 Å². The molecule has 21 heavy (non-hydrogen) atoms. The summed E-state index contributed by atoms with van der Waals surface area (Å²) in [6, 6.07) is 8.56. The van der Waals surface area contributed by atoms with Crippen molar-refractivity contribution in [1.82, 2.24) is 10.2 Å². The molecular formula is C16H24N2O2S. The van der Waals surface area contributed by atoms with Crippen molar-refractivity contribution in [2.45, 2.75) is 24.3 Å². The highest BCUT2D eigenvalue weighted by atomic mass is 32.2. The Bertz CT molecular complexity index is 444. The lowest BCUT2D eigenvalue weighted by Gasteiger charge is -2.27. The van der Waals surface area contributed by atoms with E-state index in [0.29, 0.717) is 13.2 Å². The van der Waals surface area contributed by atoms with Crippen LogP contribution in [-0.2, 0) is 9.53 Å². The minimum atomic E-state index is -0.312. The molecule has 0 bridgehead atoms. The molecule has 5 heteroatoms. The summed E-state index contributed by atoms with van der Waals surface area (Å²) >= 11 is 1.84. The standard InChI is InChI=1S/C16H24N2O2S/c1-13-4-6-14(7-5-13)21-11-3-9-18(2)16(19)15-12-17-8-10-20-15/h4-7,15,17H,3,8-12H2,1-2H3/t15-/m1/s1. The third-order valence-corrected chi connectivity index (χ3v) is 4.61. The zero-order valence-corrected chi connectivity index (χ0v) is 13.6. The Labute approximate surface area is 131 Å². The van der Waals surface area contributed by atoms with Gasteiger partial charge in [0.2, 0.25) is 0 Å². The molecule has 0 radical (unpaired) electrons. The van der Waals surface area contributed by atoms with E-state index in [1.807, 2.05) is 18.8 Å². The number of nitrogens with one attached hydrogen (secondary N) is 1. The second-order valence-electron chi connectivity index (χ2n) is 5.34. The predicted octanol–water partition coefficient (Wildman–Crippen LogP) is 1.92. The third kappa shape index (κ3) is 5.34. The molecule has 1 fully saturated rings. The quantitative estimate of drug-likeness (QED) is 0.644. The van der Waals surface area contributed by atoms with Crippen LogP contribution in [0, 0.1) is 6.92 Å². The molecule has 0 saturated carbocycles. The van der Waals surface area contributed by atoms with Crippen LogP contribution in [-0.4, -0.2) is 56.0 Å². The number of aryl methyl sites for hydroxylation is 1. The molecule has 1 aliphatic heterocycles. The molecule has 4 nitrogen and oxygen atoms in total. The molecule has 0 aromatic heterocycles. The van der Waals surface area contributed by atoms with E-state index in [1.165, 1.54) is 10.5 Å². The van der Waals surface area contributed by atoms with E-state index in [0.717, 1.165) is 25.3 Å². The number of carbonyl (C=O) groups excluding carboxylic acids is 1. The molecule has 1 heterocycles. The van der Waals surface area contributed by atoms with Gasteiger partial charge in [0.15, 0.2) is 0 Å². The highest BCUT2D eigenvalue weighted by molar-refractivity contribution is 7.99. The summed E-state index contributed by atoms with van der Waals surface area (Å²) in [7, 11) is 1.86. The Kier molecular flexibility index (Phi) is 6.54. The topological polar surface area (TPSA) is 41.6 Å². The largest absolute Gasteiger partial charge is 0.366 e. The number of carbonyl (C=O) groups is 1. The molecule has 1 aliphatic rings. The van der Waals surface area contributed by atoms with Crippen molar-refractivity contribution in [2.75, 3.05) is 39.0 Å². The van der Waals surface area contributed by atoms with Crippen LogP contribution in [0.4, 0.5) is 0 Å². The number of amides is 1. The first-order valence-electron chi connectivity index (χ1n) is 7.43. The van der Waals surface area contributed by atoms with Gasteiger partial charge >= 0.3 is 0 Å². The first kappa shape index (κ1) is 16.3. The van der Waals surface area contributed by atoms with E-state index in [9.17, 15) is 4.79 Å². The molecule has 2 rings (SSSR count).